The first-order valence-electron chi connectivity index (χ1n) is 9.10. The lowest BCUT2D eigenvalue weighted by molar-refractivity contribution is -0.140. The van der Waals surface area contributed by atoms with Crippen LogP contribution in [0.3, 0.4) is 0 Å². The van der Waals surface area contributed by atoms with Crippen molar-refractivity contribution in [2.24, 2.45) is 7.05 Å². The molecule has 0 radical (unpaired) electrons. The van der Waals surface area contributed by atoms with E-state index in [1.165, 1.54) is 24.9 Å². The maximum atomic E-state index is 12.4. The quantitative estimate of drug-likeness (QED) is 0.430. The minimum atomic E-state index is -0.713. The molecule has 9 heteroatoms. The van der Waals surface area contributed by atoms with Crippen LogP contribution in [-0.2, 0) is 22.3 Å². The molecule has 1 aromatic carbocycles. The van der Waals surface area contributed by atoms with Crippen LogP contribution < -0.4 is 10.2 Å². The first-order chi connectivity index (χ1) is 14.4. The lowest BCUT2D eigenvalue weighted by Crippen LogP contribution is -2.13. The summed E-state index contributed by atoms with van der Waals surface area (Å²) in [6.45, 7) is 0. The van der Waals surface area contributed by atoms with Crippen molar-refractivity contribution < 1.29 is 23.8 Å². The maximum absolute atomic E-state index is 12.4. The van der Waals surface area contributed by atoms with Gasteiger partial charge in [0.1, 0.15) is 11.5 Å². The zero-order chi connectivity index (χ0) is 21.7. The third kappa shape index (κ3) is 4.85. The van der Waals surface area contributed by atoms with Crippen LogP contribution in [-0.4, -0.2) is 35.1 Å². The summed E-state index contributed by atoms with van der Waals surface area (Å²) in [5.41, 5.74) is 0.0431. The van der Waals surface area contributed by atoms with E-state index in [2.05, 4.69) is 5.10 Å². The van der Waals surface area contributed by atoms with Gasteiger partial charge in [-0.15, -0.1) is 11.8 Å². The van der Waals surface area contributed by atoms with Gasteiger partial charge in [-0.3, -0.25) is 14.3 Å². The summed E-state index contributed by atoms with van der Waals surface area (Å²) in [7, 11) is 4.59. The molecule has 0 bridgehead atoms. The molecule has 0 amide bonds. The summed E-state index contributed by atoms with van der Waals surface area (Å²) >= 11 is 1.43. The second-order valence-corrected chi connectivity index (χ2v) is 7.53. The predicted octanol–water partition coefficient (Wildman–Crippen LogP) is 3.07. The average molecular weight is 430 g/mol. The zero-order valence-corrected chi connectivity index (χ0v) is 17.6. The van der Waals surface area contributed by atoms with Crippen molar-refractivity contribution in [3.05, 3.63) is 70.0 Å². The highest BCUT2D eigenvalue weighted by Gasteiger charge is 2.27. The molecule has 0 aliphatic heterocycles. The van der Waals surface area contributed by atoms with Gasteiger partial charge < -0.3 is 19.0 Å². The molecule has 0 saturated heterocycles. The number of hydrogen-bond donors (Lipinski definition) is 1. The van der Waals surface area contributed by atoms with Gasteiger partial charge in [-0.05, 0) is 12.1 Å². The van der Waals surface area contributed by atoms with Crippen LogP contribution in [0.4, 0.5) is 0 Å². The standard InChI is InChI=1S/C21H22N2O6S/c1-23-11-13(10-22-23)15(9-19(25)28-3)21-20(26)16(24)8-14(29-21)12-30-18-7-5-4-6-17(18)27-2/h4-8,10-11,15,26H,9,12H2,1-3H3. The smallest absolute Gasteiger partial charge is 0.306 e. The van der Waals surface area contributed by atoms with E-state index < -0.39 is 23.1 Å². The lowest BCUT2D eigenvalue weighted by atomic mass is 9.95. The number of thioether (sulfide) groups is 1. The number of ether oxygens (including phenoxy) is 2. The number of carbonyl (C=O) groups is 1. The molecule has 8 nitrogen and oxygen atoms in total. The monoisotopic (exact) mass is 430 g/mol. The van der Waals surface area contributed by atoms with Gasteiger partial charge in [-0.1, -0.05) is 12.1 Å². The molecule has 1 unspecified atom stereocenters. The molecule has 30 heavy (non-hydrogen) atoms. The van der Waals surface area contributed by atoms with E-state index in [9.17, 15) is 14.7 Å². The van der Waals surface area contributed by atoms with Gasteiger partial charge in [0.15, 0.2) is 5.76 Å². The highest BCUT2D eigenvalue weighted by molar-refractivity contribution is 7.98. The summed E-state index contributed by atoms with van der Waals surface area (Å²) in [5, 5.41) is 14.5. The van der Waals surface area contributed by atoms with Crippen molar-refractivity contribution in [2.75, 3.05) is 14.2 Å². The normalized spacial score (nSPS) is 11.8. The predicted molar refractivity (Wildman–Crippen MR) is 111 cm³/mol. The van der Waals surface area contributed by atoms with Gasteiger partial charge in [-0.2, -0.15) is 5.10 Å². The van der Waals surface area contributed by atoms with Crippen LogP contribution in [0.1, 0.15) is 29.4 Å². The van der Waals surface area contributed by atoms with Crippen LogP contribution >= 0.6 is 11.8 Å². The molecule has 2 heterocycles. The molecule has 0 fully saturated rings. The van der Waals surface area contributed by atoms with Crippen molar-refractivity contribution in [3.63, 3.8) is 0 Å². The van der Waals surface area contributed by atoms with E-state index >= 15 is 0 Å². The highest BCUT2D eigenvalue weighted by Crippen LogP contribution is 2.35. The fourth-order valence-electron chi connectivity index (χ4n) is 2.98. The van der Waals surface area contributed by atoms with Crippen LogP contribution in [0.2, 0.25) is 0 Å². The number of methoxy groups -OCH3 is 2. The Morgan fingerprint density at radius 1 is 1.33 bits per heavy atom. The Labute approximate surface area is 177 Å². The molecular formula is C21H22N2O6S. The fraction of sp³-hybridized carbons (Fsp3) is 0.286. The molecule has 0 aliphatic carbocycles. The molecule has 3 aromatic rings. The second-order valence-electron chi connectivity index (χ2n) is 6.51. The topological polar surface area (TPSA) is 104 Å². The van der Waals surface area contributed by atoms with Crippen LogP contribution in [0, 0.1) is 0 Å². The van der Waals surface area contributed by atoms with E-state index in [1.807, 2.05) is 24.3 Å². The van der Waals surface area contributed by atoms with Crippen LogP contribution in [0.5, 0.6) is 11.5 Å². The Morgan fingerprint density at radius 3 is 2.77 bits per heavy atom. The van der Waals surface area contributed by atoms with Gasteiger partial charge in [0, 0.05) is 29.8 Å². The molecule has 0 aliphatic rings. The maximum Gasteiger partial charge on any atom is 0.306 e. The Morgan fingerprint density at radius 2 is 2.10 bits per heavy atom. The summed E-state index contributed by atoms with van der Waals surface area (Å²) in [6, 6.07) is 8.75. The van der Waals surface area contributed by atoms with Gasteiger partial charge in [0.25, 0.3) is 0 Å². The average Bonchev–Trinajstić information content (AvgIpc) is 3.18. The number of aromatic nitrogens is 2. The third-order valence-electron chi connectivity index (χ3n) is 4.48. The zero-order valence-electron chi connectivity index (χ0n) is 16.8. The van der Waals surface area contributed by atoms with Gasteiger partial charge in [0.05, 0.1) is 38.5 Å². The summed E-state index contributed by atoms with van der Waals surface area (Å²) in [6.07, 6.45) is 3.15. The lowest BCUT2D eigenvalue weighted by Gasteiger charge is -2.16. The Balaban J connectivity index is 1.95. The minimum Gasteiger partial charge on any atom is -0.502 e. The van der Waals surface area contributed by atoms with Crippen molar-refractivity contribution in [2.45, 2.75) is 23.0 Å². The number of esters is 1. The molecule has 158 valence electrons. The van der Waals surface area contributed by atoms with E-state index in [4.69, 9.17) is 13.9 Å². The number of hydrogen-bond acceptors (Lipinski definition) is 8. The number of benzene rings is 1. The molecule has 0 saturated carbocycles. The molecule has 0 spiro atoms. The number of aromatic hydroxyl groups is 1. The summed E-state index contributed by atoms with van der Waals surface area (Å²) in [4.78, 5) is 25.3. The van der Waals surface area contributed by atoms with E-state index in [-0.39, 0.29) is 12.2 Å². The van der Waals surface area contributed by atoms with Crippen LogP contribution in [0.15, 0.2) is 56.8 Å². The van der Waals surface area contributed by atoms with Crippen molar-refractivity contribution in [3.8, 4) is 11.5 Å². The summed E-state index contributed by atoms with van der Waals surface area (Å²) in [5.74, 6) is -0.323. The first-order valence-corrected chi connectivity index (χ1v) is 10.1. The summed E-state index contributed by atoms with van der Waals surface area (Å²) < 4.78 is 17.6. The SMILES string of the molecule is COC(=O)CC(c1cnn(C)c1)c1oc(CSc2ccccc2OC)cc(=O)c1O. The Kier molecular flexibility index (Phi) is 6.83. The number of rotatable bonds is 8. The van der Waals surface area contributed by atoms with Gasteiger partial charge in [-0.25, -0.2) is 0 Å². The van der Waals surface area contributed by atoms with E-state index in [0.29, 0.717) is 22.8 Å². The van der Waals surface area contributed by atoms with Crippen molar-refractivity contribution in [1.29, 1.82) is 0 Å². The molecule has 1 atom stereocenters. The largest absolute Gasteiger partial charge is 0.502 e. The van der Waals surface area contributed by atoms with Crippen molar-refractivity contribution >= 4 is 17.7 Å². The molecular weight excluding hydrogens is 408 g/mol. The second kappa shape index (κ2) is 9.53. The minimum absolute atomic E-state index is 0.0107. The Hall–Kier alpha value is -3.20. The van der Waals surface area contributed by atoms with E-state index in [0.717, 1.165) is 4.90 Å². The Bertz CT molecular complexity index is 1090. The van der Waals surface area contributed by atoms with E-state index in [1.54, 1.807) is 31.2 Å². The number of carbonyl (C=O) groups excluding carboxylic acids is 1. The third-order valence-corrected chi connectivity index (χ3v) is 5.56. The number of aryl methyl sites for hydroxylation is 1. The van der Waals surface area contributed by atoms with Crippen LogP contribution in [0.25, 0.3) is 0 Å². The molecule has 3 rings (SSSR count). The number of para-hydroxylation sites is 1. The van der Waals surface area contributed by atoms with Gasteiger partial charge in [0.2, 0.25) is 11.2 Å². The van der Waals surface area contributed by atoms with Crippen molar-refractivity contribution in [1.82, 2.24) is 9.78 Å². The highest BCUT2D eigenvalue weighted by atomic mass is 32.2. The molecule has 2 aromatic heterocycles. The number of nitrogens with zero attached hydrogens (tertiary/aromatic N) is 2. The first kappa shape index (κ1) is 21.5. The fourth-order valence-corrected chi connectivity index (χ4v) is 3.89. The molecule has 1 N–H and O–H groups in total. The van der Waals surface area contributed by atoms with Gasteiger partial charge >= 0.3 is 5.97 Å².